The molecule has 0 spiro atoms. The summed E-state index contributed by atoms with van der Waals surface area (Å²) >= 11 is 0. The molecule has 0 saturated carbocycles. The molecule has 1 aliphatic rings. The Morgan fingerprint density at radius 3 is 2.47 bits per heavy atom. The summed E-state index contributed by atoms with van der Waals surface area (Å²) in [6.45, 7) is 11.6. The molecule has 5 rings (SSSR count). The monoisotopic (exact) mass is 506 g/mol. The van der Waals surface area contributed by atoms with Gasteiger partial charge < -0.3 is 15.1 Å². The van der Waals surface area contributed by atoms with Gasteiger partial charge >= 0.3 is 0 Å². The number of fused-ring (bicyclic) bond motifs is 1. The zero-order chi connectivity index (χ0) is 26.8. The summed E-state index contributed by atoms with van der Waals surface area (Å²) in [5, 5.41) is 13.4. The highest BCUT2D eigenvalue weighted by atomic mass is 16.1. The number of hydrogen-bond acceptors (Lipinski definition) is 6. The van der Waals surface area contributed by atoms with E-state index >= 15 is 0 Å². The summed E-state index contributed by atoms with van der Waals surface area (Å²) in [6.07, 6.45) is 0. The number of aryl methyl sites for hydroxylation is 1. The molecule has 38 heavy (non-hydrogen) atoms. The highest BCUT2D eigenvalue weighted by Crippen LogP contribution is 2.28. The molecule has 1 atom stereocenters. The lowest BCUT2D eigenvalue weighted by molar-refractivity contribution is 0.312. The Morgan fingerprint density at radius 1 is 0.974 bits per heavy atom. The number of likely N-dealkylation sites (N-methyl/N-ethyl adjacent to an activating group) is 1. The van der Waals surface area contributed by atoms with E-state index in [1.165, 1.54) is 0 Å². The van der Waals surface area contributed by atoms with Gasteiger partial charge in [-0.3, -0.25) is 9.36 Å². The fourth-order valence-electron chi connectivity index (χ4n) is 5.26. The van der Waals surface area contributed by atoms with Gasteiger partial charge in [0.1, 0.15) is 0 Å². The first kappa shape index (κ1) is 25.5. The third-order valence-corrected chi connectivity index (χ3v) is 7.32. The van der Waals surface area contributed by atoms with Crippen LogP contribution in [-0.2, 0) is 0 Å². The standard InChI is InChI=1S/C31H34N6O/c1-6-10-24-12-9-13-25(19-24)32-22(3)29-23(4)37(27-14-8-7-11-21(27)2)31-26(30(29)38)20-28(33-34-31)36-17-15-35(5)16-18-36/h7-9,11-14,19-20,22,32H,15-18H2,1-5H3. The largest absolute Gasteiger partial charge is 0.378 e. The van der Waals surface area contributed by atoms with Crippen LogP contribution in [0.3, 0.4) is 0 Å². The zero-order valence-corrected chi connectivity index (χ0v) is 22.7. The van der Waals surface area contributed by atoms with Crippen molar-refractivity contribution in [2.45, 2.75) is 33.7 Å². The first-order valence-corrected chi connectivity index (χ1v) is 13.1. The molecule has 1 N–H and O–H groups in total. The average Bonchev–Trinajstić information content (AvgIpc) is 2.90. The lowest BCUT2D eigenvalue weighted by atomic mass is 10.0. The van der Waals surface area contributed by atoms with Crippen molar-refractivity contribution in [2.24, 2.45) is 0 Å². The predicted molar refractivity (Wildman–Crippen MR) is 155 cm³/mol. The minimum atomic E-state index is -0.243. The second-order valence-electron chi connectivity index (χ2n) is 10.0. The van der Waals surface area contributed by atoms with Gasteiger partial charge in [-0.2, -0.15) is 0 Å². The molecular weight excluding hydrogens is 472 g/mol. The van der Waals surface area contributed by atoms with Crippen LogP contribution in [0.4, 0.5) is 11.5 Å². The minimum absolute atomic E-state index is 0.0166. The van der Waals surface area contributed by atoms with Crippen LogP contribution in [0.2, 0.25) is 0 Å². The van der Waals surface area contributed by atoms with E-state index in [2.05, 4.69) is 67.8 Å². The third kappa shape index (κ3) is 4.88. The molecule has 0 amide bonds. The Morgan fingerprint density at radius 2 is 1.74 bits per heavy atom. The summed E-state index contributed by atoms with van der Waals surface area (Å²) in [4.78, 5) is 18.6. The van der Waals surface area contributed by atoms with E-state index in [0.29, 0.717) is 16.6 Å². The molecule has 4 aromatic rings. The maximum atomic E-state index is 14.1. The average molecular weight is 507 g/mol. The van der Waals surface area contributed by atoms with Crippen molar-refractivity contribution in [3.05, 3.63) is 87.2 Å². The van der Waals surface area contributed by atoms with E-state index in [9.17, 15) is 4.79 Å². The van der Waals surface area contributed by atoms with E-state index in [1.54, 1.807) is 0 Å². The lowest BCUT2D eigenvalue weighted by Gasteiger charge is -2.33. The van der Waals surface area contributed by atoms with Crippen molar-refractivity contribution < 1.29 is 0 Å². The minimum Gasteiger partial charge on any atom is -0.378 e. The number of pyridine rings is 1. The second kappa shape index (κ2) is 10.7. The van der Waals surface area contributed by atoms with Gasteiger partial charge in [0.2, 0.25) is 0 Å². The van der Waals surface area contributed by atoms with Crippen LogP contribution in [0.5, 0.6) is 0 Å². The van der Waals surface area contributed by atoms with Gasteiger partial charge in [0.25, 0.3) is 0 Å². The molecule has 2 aromatic carbocycles. The number of hydrogen-bond donors (Lipinski definition) is 1. The molecule has 2 aromatic heterocycles. The Kier molecular flexibility index (Phi) is 7.17. The molecule has 1 saturated heterocycles. The van der Waals surface area contributed by atoms with Crippen LogP contribution in [-0.4, -0.2) is 52.9 Å². The van der Waals surface area contributed by atoms with Crippen LogP contribution in [0, 0.1) is 25.7 Å². The van der Waals surface area contributed by atoms with Crippen molar-refractivity contribution in [1.29, 1.82) is 0 Å². The number of piperazine rings is 1. The molecule has 1 aliphatic heterocycles. The number of para-hydroxylation sites is 1. The third-order valence-electron chi connectivity index (χ3n) is 7.32. The smallest absolute Gasteiger partial charge is 0.196 e. The molecule has 1 fully saturated rings. The van der Waals surface area contributed by atoms with Crippen LogP contribution >= 0.6 is 0 Å². The molecule has 7 heteroatoms. The van der Waals surface area contributed by atoms with Gasteiger partial charge in [-0.15, -0.1) is 16.1 Å². The number of nitrogens with zero attached hydrogens (tertiary/aromatic N) is 5. The maximum Gasteiger partial charge on any atom is 0.196 e. The number of aromatic nitrogens is 3. The fraction of sp³-hybridized carbons (Fsp3) is 0.323. The molecular formula is C31H34N6O. The first-order chi connectivity index (χ1) is 18.4. The summed E-state index contributed by atoms with van der Waals surface area (Å²) in [5.41, 5.74) is 6.07. The molecule has 0 bridgehead atoms. The Labute approximate surface area is 224 Å². The van der Waals surface area contributed by atoms with E-state index in [1.807, 2.05) is 63.2 Å². The predicted octanol–water partition coefficient (Wildman–Crippen LogP) is 4.69. The number of anilines is 2. The number of nitrogens with one attached hydrogen (secondary N) is 1. The maximum absolute atomic E-state index is 14.1. The lowest BCUT2D eigenvalue weighted by Crippen LogP contribution is -2.45. The summed E-state index contributed by atoms with van der Waals surface area (Å²) in [6, 6.07) is 17.8. The molecule has 3 heterocycles. The van der Waals surface area contributed by atoms with Crippen LogP contribution in [0.25, 0.3) is 16.7 Å². The number of rotatable bonds is 5. The van der Waals surface area contributed by atoms with Gasteiger partial charge in [0, 0.05) is 48.7 Å². The van der Waals surface area contributed by atoms with E-state index in [-0.39, 0.29) is 11.5 Å². The second-order valence-corrected chi connectivity index (χ2v) is 10.0. The van der Waals surface area contributed by atoms with Crippen molar-refractivity contribution >= 4 is 22.5 Å². The first-order valence-electron chi connectivity index (χ1n) is 13.1. The normalized spacial score (nSPS) is 14.7. The quantitative estimate of drug-likeness (QED) is 0.396. The molecule has 1 unspecified atom stereocenters. The van der Waals surface area contributed by atoms with Gasteiger partial charge in [-0.1, -0.05) is 30.2 Å². The Hall–Kier alpha value is -4.15. The fourth-order valence-corrected chi connectivity index (χ4v) is 5.26. The van der Waals surface area contributed by atoms with E-state index < -0.39 is 0 Å². The molecule has 7 nitrogen and oxygen atoms in total. The van der Waals surface area contributed by atoms with Gasteiger partial charge in [0.05, 0.1) is 17.1 Å². The van der Waals surface area contributed by atoms with Crippen molar-refractivity contribution in [3.63, 3.8) is 0 Å². The highest BCUT2D eigenvalue weighted by Gasteiger charge is 2.24. The molecule has 0 aliphatic carbocycles. The van der Waals surface area contributed by atoms with E-state index in [4.69, 9.17) is 0 Å². The summed E-state index contributed by atoms with van der Waals surface area (Å²) < 4.78 is 2.08. The van der Waals surface area contributed by atoms with Crippen molar-refractivity contribution in [2.75, 3.05) is 43.4 Å². The Bertz CT molecular complexity index is 1600. The van der Waals surface area contributed by atoms with Crippen molar-refractivity contribution in [1.82, 2.24) is 19.7 Å². The molecule has 194 valence electrons. The topological polar surface area (TPSA) is 66.3 Å². The molecule has 0 radical (unpaired) electrons. The van der Waals surface area contributed by atoms with Crippen LogP contribution < -0.4 is 15.6 Å². The van der Waals surface area contributed by atoms with E-state index in [0.717, 1.165) is 60.2 Å². The highest BCUT2D eigenvalue weighted by molar-refractivity contribution is 5.81. The van der Waals surface area contributed by atoms with Crippen LogP contribution in [0.1, 0.15) is 42.3 Å². The SMILES string of the molecule is CC#Cc1cccc(NC(C)c2c(C)n(-c3ccccc3C)c3nnc(N4CCN(C)CC4)cc3c2=O)c1. The van der Waals surface area contributed by atoms with Crippen molar-refractivity contribution in [3.8, 4) is 17.5 Å². The van der Waals surface area contributed by atoms with Gasteiger partial charge in [0.15, 0.2) is 16.9 Å². The van der Waals surface area contributed by atoms with Gasteiger partial charge in [-0.05, 0) is 70.6 Å². The summed E-state index contributed by atoms with van der Waals surface area (Å²) in [7, 11) is 2.12. The van der Waals surface area contributed by atoms with Gasteiger partial charge in [-0.25, -0.2) is 0 Å². The zero-order valence-electron chi connectivity index (χ0n) is 22.7. The summed E-state index contributed by atoms with van der Waals surface area (Å²) in [5.74, 6) is 6.81. The number of benzene rings is 2. The van der Waals surface area contributed by atoms with Crippen LogP contribution in [0.15, 0.2) is 59.4 Å². The Balaban J connectivity index is 1.67.